The Kier molecular flexibility index (Phi) is 8.02. The van der Waals surface area contributed by atoms with Crippen molar-refractivity contribution in [2.24, 2.45) is 0 Å². The van der Waals surface area contributed by atoms with Gasteiger partial charge in [-0.3, -0.25) is 9.59 Å². The first kappa shape index (κ1) is 29.8. The summed E-state index contributed by atoms with van der Waals surface area (Å²) in [7, 11) is 1.20. The first-order chi connectivity index (χ1) is 19.1. The van der Waals surface area contributed by atoms with Crippen LogP contribution in [0.4, 0.5) is 32.2 Å². The molecular formula is C24H25F6N7O4. The fraction of sp³-hybridized carbons (Fsp3) is 0.458. The van der Waals surface area contributed by atoms with Gasteiger partial charge in [-0.05, 0) is 26.0 Å². The minimum atomic E-state index is -4.80. The second-order valence-corrected chi connectivity index (χ2v) is 9.65. The summed E-state index contributed by atoms with van der Waals surface area (Å²) in [6, 6.07) is 0.763. The van der Waals surface area contributed by atoms with E-state index in [1.807, 2.05) is 0 Å². The Hall–Kier alpha value is -4.15. The van der Waals surface area contributed by atoms with Gasteiger partial charge >= 0.3 is 6.18 Å². The third-order valence-electron chi connectivity index (χ3n) is 6.41. The summed E-state index contributed by atoms with van der Waals surface area (Å²) in [5, 5.41) is 6.30. The van der Waals surface area contributed by atoms with E-state index in [4.69, 9.17) is 15.2 Å². The summed E-state index contributed by atoms with van der Waals surface area (Å²) in [4.78, 5) is 34.7. The first-order valence-corrected chi connectivity index (χ1v) is 12.0. The average molecular weight is 589 g/mol. The number of nitrogens with two attached hydrogens (primary N) is 1. The molecule has 11 nitrogen and oxygen atoms in total. The number of hydrogen-bond donors (Lipinski definition) is 2. The number of aromatic nitrogens is 4. The first-order valence-electron chi connectivity index (χ1n) is 12.0. The minimum absolute atomic E-state index is 0.0255. The van der Waals surface area contributed by atoms with Crippen molar-refractivity contribution in [1.82, 2.24) is 29.8 Å². The molecule has 0 aliphatic carbocycles. The molecule has 1 aliphatic heterocycles. The molecule has 17 heteroatoms. The predicted octanol–water partition coefficient (Wildman–Crippen LogP) is 2.74. The number of anilines is 1. The number of methoxy groups -OCH3 is 1. The van der Waals surface area contributed by atoms with Crippen LogP contribution in [-0.4, -0.2) is 87.3 Å². The van der Waals surface area contributed by atoms with E-state index in [1.165, 1.54) is 27.0 Å². The highest BCUT2D eigenvalue weighted by Gasteiger charge is 2.42. The van der Waals surface area contributed by atoms with Crippen LogP contribution in [0.2, 0.25) is 0 Å². The Morgan fingerprint density at radius 3 is 2.54 bits per heavy atom. The van der Waals surface area contributed by atoms with Gasteiger partial charge in [0.2, 0.25) is 5.88 Å². The standard InChI is InChI=1S/C24H25F6N7O4/c1-23(2,41-9-17(26)27)22(39)36-7-14(25)15(8-36)35-20(38)12-4-11(6-32-21(12)40-3)16-5-13(24(28,29)30)18-19(31)33-10-34-37(16)18/h4-6,10,14-15,17H,7-9H2,1-3H3,(H,35,38)(H2,31,33,34)/t14-,15+/m0/s1. The molecule has 1 saturated heterocycles. The van der Waals surface area contributed by atoms with Crippen molar-refractivity contribution in [2.75, 3.05) is 32.5 Å². The van der Waals surface area contributed by atoms with E-state index in [0.29, 0.717) is 0 Å². The Morgan fingerprint density at radius 1 is 1.20 bits per heavy atom. The molecule has 0 unspecified atom stereocenters. The van der Waals surface area contributed by atoms with E-state index in [1.54, 1.807) is 0 Å². The number of alkyl halides is 6. The van der Waals surface area contributed by atoms with Gasteiger partial charge in [0.15, 0.2) is 5.82 Å². The van der Waals surface area contributed by atoms with Crippen LogP contribution in [0.15, 0.2) is 24.7 Å². The lowest BCUT2D eigenvalue weighted by Crippen LogP contribution is -2.48. The molecule has 0 radical (unpaired) electrons. The van der Waals surface area contributed by atoms with Crippen LogP contribution in [0.3, 0.4) is 0 Å². The van der Waals surface area contributed by atoms with Gasteiger partial charge in [0, 0.05) is 18.3 Å². The molecule has 0 saturated carbocycles. The number of amides is 2. The summed E-state index contributed by atoms with van der Waals surface area (Å²) in [5.41, 5.74) is 2.09. The molecule has 0 aromatic carbocycles. The minimum Gasteiger partial charge on any atom is -0.480 e. The van der Waals surface area contributed by atoms with Gasteiger partial charge in [-0.25, -0.2) is 27.7 Å². The van der Waals surface area contributed by atoms with Crippen LogP contribution in [0.1, 0.15) is 29.8 Å². The number of halogens is 6. The number of carbonyl (C=O) groups excluding carboxylic acids is 2. The molecule has 0 spiro atoms. The zero-order chi connectivity index (χ0) is 30.3. The van der Waals surface area contributed by atoms with E-state index in [2.05, 4.69) is 20.4 Å². The van der Waals surface area contributed by atoms with Crippen molar-refractivity contribution in [1.29, 1.82) is 0 Å². The van der Waals surface area contributed by atoms with Crippen molar-refractivity contribution in [2.45, 2.75) is 44.3 Å². The number of pyridine rings is 1. The molecule has 3 N–H and O–H groups in total. The highest BCUT2D eigenvalue weighted by Crippen LogP contribution is 2.39. The molecule has 222 valence electrons. The number of nitrogens with zero attached hydrogens (tertiary/aromatic N) is 5. The van der Waals surface area contributed by atoms with E-state index >= 15 is 0 Å². The van der Waals surface area contributed by atoms with Gasteiger partial charge < -0.3 is 25.4 Å². The van der Waals surface area contributed by atoms with E-state index in [0.717, 1.165) is 28.0 Å². The third-order valence-corrected chi connectivity index (χ3v) is 6.41. The lowest BCUT2D eigenvalue weighted by molar-refractivity contribution is -0.157. The number of rotatable bonds is 8. The Morgan fingerprint density at radius 2 is 1.90 bits per heavy atom. The zero-order valence-corrected chi connectivity index (χ0v) is 21.9. The van der Waals surface area contributed by atoms with Crippen molar-refractivity contribution in [3.05, 3.63) is 35.8 Å². The second-order valence-electron chi connectivity index (χ2n) is 9.65. The smallest absolute Gasteiger partial charge is 0.418 e. The molecule has 1 aliphatic rings. The van der Waals surface area contributed by atoms with Gasteiger partial charge in [-0.1, -0.05) is 0 Å². The lowest BCUT2D eigenvalue weighted by atomic mass is 10.1. The number of carbonyl (C=O) groups is 2. The molecule has 2 amide bonds. The van der Waals surface area contributed by atoms with Crippen LogP contribution in [0.5, 0.6) is 5.88 Å². The van der Waals surface area contributed by atoms with E-state index in [9.17, 15) is 35.9 Å². The molecule has 3 aromatic heterocycles. The number of nitrogen functional groups attached to an aromatic ring is 1. The monoisotopic (exact) mass is 589 g/mol. The SMILES string of the molecule is COc1ncc(-c2cc(C(F)(F)F)c3c(N)ncnn23)cc1C(=O)N[C@@H]1CN(C(=O)C(C)(C)OCC(F)F)C[C@@H]1F. The maximum absolute atomic E-state index is 14.9. The molecule has 2 atom stereocenters. The van der Waals surface area contributed by atoms with Crippen LogP contribution >= 0.6 is 0 Å². The summed E-state index contributed by atoms with van der Waals surface area (Å²) >= 11 is 0. The van der Waals surface area contributed by atoms with E-state index in [-0.39, 0.29) is 29.2 Å². The van der Waals surface area contributed by atoms with Crippen LogP contribution in [0.25, 0.3) is 16.8 Å². The van der Waals surface area contributed by atoms with Crippen LogP contribution < -0.4 is 15.8 Å². The Labute approximate surface area is 228 Å². The lowest BCUT2D eigenvalue weighted by Gasteiger charge is -2.29. The van der Waals surface area contributed by atoms with Crippen LogP contribution in [-0.2, 0) is 15.7 Å². The van der Waals surface area contributed by atoms with Gasteiger partial charge in [0.1, 0.15) is 35.8 Å². The third kappa shape index (κ3) is 5.98. The van der Waals surface area contributed by atoms with Crippen molar-refractivity contribution < 1.29 is 45.4 Å². The normalized spacial score (nSPS) is 17.9. The van der Waals surface area contributed by atoms with Gasteiger partial charge in [0.25, 0.3) is 18.2 Å². The number of likely N-dealkylation sites (tertiary alicyclic amines) is 1. The molecule has 4 heterocycles. The Balaban J connectivity index is 1.60. The zero-order valence-electron chi connectivity index (χ0n) is 21.9. The molecule has 1 fully saturated rings. The summed E-state index contributed by atoms with van der Waals surface area (Å²) in [6.07, 6.45) is -7.21. The topological polar surface area (TPSA) is 137 Å². The summed E-state index contributed by atoms with van der Waals surface area (Å²) < 4.78 is 92.2. The maximum atomic E-state index is 14.9. The quantitative estimate of drug-likeness (QED) is 0.383. The van der Waals surface area contributed by atoms with Gasteiger partial charge in [-0.15, -0.1) is 0 Å². The number of fused-ring (bicyclic) bond motifs is 1. The maximum Gasteiger partial charge on any atom is 0.418 e. The highest BCUT2D eigenvalue weighted by molar-refractivity contribution is 5.98. The molecule has 41 heavy (non-hydrogen) atoms. The molecular weight excluding hydrogens is 564 g/mol. The fourth-order valence-corrected chi connectivity index (χ4v) is 4.43. The van der Waals surface area contributed by atoms with Crippen molar-refractivity contribution in [3.8, 4) is 17.1 Å². The summed E-state index contributed by atoms with van der Waals surface area (Å²) in [5.74, 6) is -2.27. The van der Waals surface area contributed by atoms with Crippen molar-refractivity contribution >= 4 is 23.1 Å². The molecule has 3 aromatic rings. The highest BCUT2D eigenvalue weighted by atomic mass is 19.4. The average Bonchev–Trinajstić information content (AvgIpc) is 3.48. The van der Waals surface area contributed by atoms with Gasteiger partial charge in [-0.2, -0.15) is 18.3 Å². The fourth-order valence-electron chi connectivity index (χ4n) is 4.43. The largest absolute Gasteiger partial charge is 0.480 e. The Bertz CT molecular complexity index is 1460. The number of hydrogen-bond acceptors (Lipinski definition) is 8. The second kappa shape index (κ2) is 11.0. The van der Waals surface area contributed by atoms with Gasteiger partial charge in [0.05, 0.1) is 31.0 Å². The summed E-state index contributed by atoms with van der Waals surface area (Å²) in [6.45, 7) is 0.824. The molecule has 0 bridgehead atoms. The number of nitrogens with one attached hydrogen (secondary N) is 1. The predicted molar refractivity (Wildman–Crippen MR) is 131 cm³/mol. The van der Waals surface area contributed by atoms with Crippen molar-refractivity contribution in [3.63, 3.8) is 0 Å². The van der Waals surface area contributed by atoms with E-state index < -0.39 is 72.3 Å². The molecule has 4 rings (SSSR count). The number of ether oxygens (including phenoxy) is 2. The van der Waals surface area contributed by atoms with Crippen LogP contribution in [0, 0.1) is 0 Å².